The van der Waals surface area contributed by atoms with Gasteiger partial charge in [0.2, 0.25) is 0 Å². The topological polar surface area (TPSA) is 74.8 Å². The Balaban J connectivity index is 1.35. The standard InChI is InChI=1S/C34H24Cl2N2O4/c1-18(31(39)19-10-14-21(35)15-11-19)37(32(40)20-12-16-22(36)17-13-20)38-33(41)29-27-23-6-2-3-7-24(23)28(30(29)34(38)42)26-9-5-4-8-25(26)27/h2-18,27-30H,1H3/t18-,27?,28?,29+,30+/m1/s1. The summed E-state index contributed by atoms with van der Waals surface area (Å²) in [5.41, 5.74) is 4.58. The Bertz CT molecular complexity index is 1670. The fourth-order valence-electron chi connectivity index (χ4n) is 7.01. The van der Waals surface area contributed by atoms with Crippen molar-refractivity contribution in [1.82, 2.24) is 10.0 Å². The molecule has 42 heavy (non-hydrogen) atoms. The molecule has 1 aliphatic heterocycles. The third-order valence-corrected chi connectivity index (χ3v) is 9.32. The van der Waals surface area contributed by atoms with Gasteiger partial charge in [-0.3, -0.25) is 19.2 Å². The molecule has 6 nitrogen and oxygen atoms in total. The van der Waals surface area contributed by atoms with Crippen molar-refractivity contribution in [1.29, 1.82) is 0 Å². The van der Waals surface area contributed by atoms with Gasteiger partial charge in [-0.1, -0.05) is 71.7 Å². The molecule has 8 rings (SSSR count). The molecule has 1 fully saturated rings. The van der Waals surface area contributed by atoms with Gasteiger partial charge >= 0.3 is 0 Å². The highest BCUT2D eigenvalue weighted by Crippen LogP contribution is 2.61. The molecule has 1 saturated heterocycles. The van der Waals surface area contributed by atoms with Crippen molar-refractivity contribution in [3.05, 3.63) is 140 Å². The first-order valence-electron chi connectivity index (χ1n) is 13.7. The second kappa shape index (κ2) is 9.93. The summed E-state index contributed by atoms with van der Waals surface area (Å²) in [7, 11) is 0. The number of imide groups is 1. The number of benzene rings is 4. The highest BCUT2D eigenvalue weighted by molar-refractivity contribution is 6.31. The van der Waals surface area contributed by atoms with E-state index < -0.39 is 41.4 Å². The second-order valence-electron chi connectivity index (χ2n) is 11.0. The number of nitrogens with zero attached hydrogens (tertiary/aromatic N) is 2. The van der Waals surface area contributed by atoms with Crippen molar-refractivity contribution in [3.63, 3.8) is 0 Å². The number of halogens is 2. The molecule has 3 atom stereocenters. The van der Waals surface area contributed by atoms with Gasteiger partial charge in [0.25, 0.3) is 17.7 Å². The zero-order valence-electron chi connectivity index (χ0n) is 22.4. The molecule has 0 saturated carbocycles. The number of rotatable bonds is 5. The first-order valence-corrected chi connectivity index (χ1v) is 14.5. The molecule has 4 aromatic rings. The summed E-state index contributed by atoms with van der Waals surface area (Å²) in [6.45, 7) is 1.53. The van der Waals surface area contributed by atoms with Crippen molar-refractivity contribution < 1.29 is 19.2 Å². The van der Waals surface area contributed by atoms with Crippen molar-refractivity contribution in [2.45, 2.75) is 24.8 Å². The van der Waals surface area contributed by atoms with Gasteiger partial charge in [-0.15, -0.1) is 0 Å². The van der Waals surface area contributed by atoms with Crippen LogP contribution in [0.5, 0.6) is 0 Å². The predicted molar refractivity (Wildman–Crippen MR) is 158 cm³/mol. The van der Waals surface area contributed by atoms with E-state index in [1.54, 1.807) is 36.4 Å². The Labute approximate surface area is 252 Å². The molecule has 2 bridgehead atoms. The first kappa shape index (κ1) is 26.6. The van der Waals surface area contributed by atoms with E-state index in [4.69, 9.17) is 23.2 Å². The molecule has 8 heteroatoms. The summed E-state index contributed by atoms with van der Waals surface area (Å²) in [5.74, 6) is -4.14. The number of carbonyl (C=O) groups is 4. The third-order valence-electron chi connectivity index (χ3n) is 8.81. The highest BCUT2D eigenvalue weighted by atomic mass is 35.5. The van der Waals surface area contributed by atoms with Gasteiger partial charge in [-0.05, 0) is 77.7 Å². The van der Waals surface area contributed by atoms with E-state index in [0.29, 0.717) is 15.6 Å². The van der Waals surface area contributed by atoms with Gasteiger partial charge in [-0.25, -0.2) is 5.01 Å². The molecule has 0 unspecified atom stereocenters. The Morgan fingerprint density at radius 3 is 1.43 bits per heavy atom. The van der Waals surface area contributed by atoms with Crippen LogP contribution in [0.4, 0.5) is 0 Å². The summed E-state index contributed by atoms with van der Waals surface area (Å²) in [6.07, 6.45) is 0. The van der Waals surface area contributed by atoms with E-state index in [1.807, 2.05) is 48.5 Å². The lowest BCUT2D eigenvalue weighted by Gasteiger charge is -2.45. The van der Waals surface area contributed by atoms with Gasteiger partial charge in [0.05, 0.1) is 11.8 Å². The van der Waals surface area contributed by atoms with E-state index in [-0.39, 0.29) is 17.4 Å². The van der Waals surface area contributed by atoms with Crippen LogP contribution in [-0.4, -0.2) is 39.6 Å². The van der Waals surface area contributed by atoms with E-state index in [2.05, 4.69) is 0 Å². The van der Waals surface area contributed by atoms with Crippen LogP contribution in [0.25, 0.3) is 0 Å². The van der Waals surface area contributed by atoms with Crippen LogP contribution in [0.15, 0.2) is 97.1 Å². The minimum atomic E-state index is -1.18. The van der Waals surface area contributed by atoms with Crippen LogP contribution in [0.3, 0.4) is 0 Å². The maximum atomic E-state index is 14.5. The molecule has 4 aromatic carbocycles. The molecule has 0 N–H and O–H groups in total. The summed E-state index contributed by atoms with van der Waals surface area (Å²) in [6, 6.07) is 27.1. The predicted octanol–water partition coefficient (Wildman–Crippen LogP) is 6.51. The maximum Gasteiger partial charge on any atom is 0.273 e. The monoisotopic (exact) mass is 594 g/mol. The van der Waals surface area contributed by atoms with Crippen LogP contribution in [0, 0.1) is 11.8 Å². The summed E-state index contributed by atoms with van der Waals surface area (Å²) in [4.78, 5) is 56.8. The van der Waals surface area contributed by atoms with E-state index in [1.165, 1.54) is 19.1 Å². The van der Waals surface area contributed by atoms with E-state index in [0.717, 1.165) is 32.3 Å². The van der Waals surface area contributed by atoms with Gasteiger partial charge in [-0.2, -0.15) is 5.01 Å². The zero-order valence-corrected chi connectivity index (χ0v) is 23.9. The number of Topliss-reactive ketones (excluding diaryl/α,β-unsaturated/α-hetero) is 1. The third kappa shape index (κ3) is 3.86. The van der Waals surface area contributed by atoms with Gasteiger partial charge in [0.1, 0.15) is 6.04 Å². The molecule has 1 heterocycles. The van der Waals surface area contributed by atoms with Crippen molar-refractivity contribution in [3.8, 4) is 0 Å². The molecule has 0 aromatic heterocycles. The molecule has 208 valence electrons. The lowest BCUT2D eigenvalue weighted by molar-refractivity contribution is -0.156. The van der Waals surface area contributed by atoms with Crippen LogP contribution in [0.2, 0.25) is 10.0 Å². The van der Waals surface area contributed by atoms with E-state index in [9.17, 15) is 19.2 Å². The summed E-state index contributed by atoms with van der Waals surface area (Å²) in [5, 5.41) is 2.87. The normalized spacial score (nSPS) is 22.3. The minimum absolute atomic E-state index is 0.195. The lowest BCUT2D eigenvalue weighted by Crippen LogP contribution is -2.56. The number of amides is 3. The van der Waals surface area contributed by atoms with Gasteiger partial charge in [0.15, 0.2) is 5.78 Å². The highest BCUT2D eigenvalue weighted by Gasteiger charge is 2.63. The first-order chi connectivity index (χ1) is 20.3. The zero-order chi connectivity index (χ0) is 29.3. The number of ketones is 1. The number of hydrazine groups is 1. The Morgan fingerprint density at radius 2 is 1.02 bits per heavy atom. The van der Waals surface area contributed by atoms with E-state index >= 15 is 0 Å². The quantitative estimate of drug-likeness (QED) is 0.195. The van der Waals surface area contributed by atoms with Crippen LogP contribution >= 0.6 is 23.2 Å². The molecule has 0 spiro atoms. The SMILES string of the molecule is C[C@H](C(=O)c1ccc(Cl)cc1)N(C(=O)c1ccc(Cl)cc1)N1C(=O)[C@H]2C3c4ccccc4C(c4ccccc43)[C@@H]2C1=O. The molecule has 0 radical (unpaired) electrons. The number of hydrogen-bond donors (Lipinski definition) is 0. The van der Waals surface area contributed by atoms with Crippen LogP contribution in [-0.2, 0) is 9.59 Å². The van der Waals surface area contributed by atoms with Crippen molar-refractivity contribution in [2.24, 2.45) is 11.8 Å². The van der Waals surface area contributed by atoms with Crippen molar-refractivity contribution >= 4 is 46.7 Å². The summed E-state index contributed by atoms with van der Waals surface area (Å²) < 4.78 is 0. The average Bonchev–Trinajstić information content (AvgIpc) is 3.27. The number of hydrogen-bond acceptors (Lipinski definition) is 4. The molecule has 4 aliphatic rings. The molecular formula is C34H24Cl2N2O4. The Kier molecular flexibility index (Phi) is 6.30. The smallest absolute Gasteiger partial charge is 0.273 e. The molecular weight excluding hydrogens is 571 g/mol. The average molecular weight is 595 g/mol. The lowest BCUT2D eigenvalue weighted by atomic mass is 9.55. The largest absolute Gasteiger partial charge is 0.292 e. The molecule has 3 aliphatic carbocycles. The van der Waals surface area contributed by atoms with Crippen LogP contribution in [0.1, 0.15) is 61.7 Å². The van der Waals surface area contributed by atoms with Crippen molar-refractivity contribution in [2.75, 3.05) is 0 Å². The Morgan fingerprint density at radius 1 is 0.643 bits per heavy atom. The number of carbonyl (C=O) groups excluding carboxylic acids is 4. The van der Waals surface area contributed by atoms with Gasteiger partial charge in [0, 0.05) is 33.0 Å². The summed E-state index contributed by atoms with van der Waals surface area (Å²) >= 11 is 12.1. The maximum absolute atomic E-state index is 14.5. The fourth-order valence-corrected chi connectivity index (χ4v) is 7.26. The Hall–Kier alpha value is -4.26. The second-order valence-corrected chi connectivity index (χ2v) is 11.8. The minimum Gasteiger partial charge on any atom is -0.292 e. The van der Waals surface area contributed by atoms with Gasteiger partial charge < -0.3 is 0 Å². The molecule has 3 amide bonds. The fraction of sp³-hybridized carbons (Fsp3) is 0.176. The van der Waals surface area contributed by atoms with Crippen LogP contribution < -0.4 is 0 Å².